The van der Waals surface area contributed by atoms with Crippen molar-refractivity contribution in [2.24, 2.45) is 0 Å². The second kappa shape index (κ2) is 4.18. The molecule has 1 aromatic heterocycles. The highest BCUT2D eigenvalue weighted by molar-refractivity contribution is 5.99. The van der Waals surface area contributed by atoms with Crippen LogP contribution in [-0.4, -0.2) is 28.1 Å². The van der Waals surface area contributed by atoms with Gasteiger partial charge in [0.1, 0.15) is 0 Å². The van der Waals surface area contributed by atoms with E-state index in [-0.39, 0.29) is 17.3 Å². The van der Waals surface area contributed by atoms with Crippen LogP contribution in [0, 0.1) is 0 Å². The molecule has 2 amide bonds. The van der Waals surface area contributed by atoms with E-state index in [0.29, 0.717) is 0 Å². The highest BCUT2D eigenvalue weighted by Crippen LogP contribution is 2.19. The number of carboxylic acids is 1. The van der Waals surface area contributed by atoms with Crippen molar-refractivity contribution in [3.63, 3.8) is 0 Å². The van der Waals surface area contributed by atoms with E-state index in [1.165, 1.54) is 18.5 Å². The lowest BCUT2D eigenvalue weighted by molar-refractivity contribution is 0.0698. The summed E-state index contributed by atoms with van der Waals surface area (Å²) in [5.41, 5.74) is 0.231. The zero-order chi connectivity index (χ0) is 11.5. The summed E-state index contributed by atoms with van der Waals surface area (Å²) in [6.07, 6.45) is 4.64. The molecule has 0 aliphatic heterocycles. The SMILES string of the molecule is O=C(Nc1cnccc1C(=O)O)NC1CC1. The van der Waals surface area contributed by atoms with Crippen LogP contribution in [0.15, 0.2) is 18.5 Å². The van der Waals surface area contributed by atoms with E-state index in [1.54, 1.807) is 0 Å². The number of aromatic nitrogens is 1. The molecule has 6 heteroatoms. The summed E-state index contributed by atoms with van der Waals surface area (Å²) in [6.45, 7) is 0. The summed E-state index contributed by atoms with van der Waals surface area (Å²) in [6, 6.07) is 1.18. The zero-order valence-electron chi connectivity index (χ0n) is 8.43. The lowest BCUT2D eigenvalue weighted by Gasteiger charge is -2.08. The largest absolute Gasteiger partial charge is 0.478 e. The summed E-state index contributed by atoms with van der Waals surface area (Å²) in [4.78, 5) is 26.0. The molecule has 0 unspecified atom stereocenters. The van der Waals surface area contributed by atoms with Gasteiger partial charge in [-0.2, -0.15) is 0 Å². The Bertz CT molecular complexity index is 429. The molecule has 1 fully saturated rings. The number of hydrogen-bond donors (Lipinski definition) is 3. The smallest absolute Gasteiger partial charge is 0.337 e. The Morgan fingerprint density at radius 1 is 1.44 bits per heavy atom. The molecule has 2 rings (SSSR count). The van der Waals surface area contributed by atoms with Gasteiger partial charge in [0.15, 0.2) is 0 Å². The molecule has 1 heterocycles. The molecular formula is C10H11N3O3. The van der Waals surface area contributed by atoms with E-state index in [9.17, 15) is 9.59 Å². The molecule has 0 spiro atoms. The molecule has 0 saturated heterocycles. The van der Waals surface area contributed by atoms with Crippen molar-refractivity contribution in [1.29, 1.82) is 0 Å². The Morgan fingerprint density at radius 3 is 2.81 bits per heavy atom. The van der Waals surface area contributed by atoms with Crippen molar-refractivity contribution in [2.75, 3.05) is 5.32 Å². The second-order valence-electron chi connectivity index (χ2n) is 3.60. The van der Waals surface area contributed by atoms with Gasteiger partial charge in [0.25, 0.3) is 0 Å². The second-order valence-corrected chi connectivity index (χ2v) is 3.60. The number of anilines is 1. The number of carbonyl (C=O) groups is 2. The number of rotatable bonds is 3. The first kappa shape index (κ1) is 10.4. The van der Waals surface area contributed by atoms with Crippen LogP contribution < -0.4 is 10.6 Å². The maximum atomic E-state index is 11.4. The van der Waals surface area contributed by atoms with Crippen molar-refractivity contribution < 1.29 is 14.7 Å². The Labute approximate surface area is 91.7 Å². The van der Waals surface area contributed by atoms with E-state index in [4.69, 9.17) is 5.11 Å². The van der Waals surface area contributed by atoms with Gasteiger partial charge in [-0.05, 0) is 18.9 Å². The van der Waals surface area contributed by atoms with E-state index < -0.39 is 12.0 Å². The molecule has 1 saturated carbocycles. The minimum atomic E-state index is -1.09. The summed E-state index contributed by atoms with van der Waals surface area (Å²) in [5.74, 6) is -1.09. The fourth-order valence-electron chi connectivity index (χ4n) is 1.25. The molecule has 1 aliphatic rings. The molecule has 84 valence electrons. The number of pyridine rings is 1. The standard InChI is InChI=1S/C10H11N3O3/c14-9(15)7-3-4-11-5-8(7)13-10(16)12-6-1-2-6/h3-6H,1-2H2,(H,14,15)(H2,12,13,16). The predicted molar refractivity (Wildman–Crippen MR) is 56.4 cm³/mol. The fraction of sp³-hybridized carbons (Fsp3) is 0.300. The molecule has 6 nitrogen and oxygen atoms in total. The van der Waals surface area contributed by atoms with Crippen LogP contribution in [0.1, 0.15) is 23.2 Å². The van der Waals surface area contributed by atoms with Crippen LogP contribution in [0.25, 0.3) is 0 Å². The molecule has 1 aliphatic carbocycles. The number of aromatic carboxylic acids is 1. The maximum absolute atomic E-state index is 11.4. The first-order chi connectivity index (χ1) is 7.66. The van der Waals surface area contributed by atoms with Crippen molar-refractivity contribution in [2.45, 2.75) is 18.9 Å². The van der Waals surface area contributed by atoms with Gasteiger partial charge in [0, 0.05) is 12.2 Å². The Kier molecular flexibility index (Phi) is 2.72. The van der Waals surface area contributed by atoms with Gasteiger partial charge in [-0.15, -0.1) is 0 Å². The van der Waals surface area contributed by atoms with Crippen LogP contribution in [0.5, 0.6) is 0 Å². The van der Waals surface area contributed by atoms with Crippen molar-refractivity contribution in [3.8, 4) is 0 Å². The molecule has 3 N–H and O–H groups in total. The Hall–Kier alpha value is -2.11. The number of nitrogens with one attached hydrogen (secondary N) is 2. The Morgan fingerprint density at radius 2 is 2.19 bits per heavy atom. The van der Waals surface area contributed by atoms with Gasteiger partial charge < -0.3 is 15.7 Å². The number of hydrogen-bond acceptors (Lipinski definition) is 3. The van der Waals surface area contributed by atoms with Gasteiger partial charge in [-0.25, -0.2) is 9.59 Å². The lowest BCUT2D eigenvalue weighted by Crippen LogP contribution is -2.31. The molecule has 0 bridgehead atoms. The van der Waals surface area contributed by atoms with E-state index >= 15 is 0 Å². The molecule has 0 radical (unpaired) electrons. The summed E-state index contributed by atoms with van der Waals surface area (Å²) in [7, 11) is 0. The molecule has 1 aromatic rings. The normalized spacial score (nSPS) is 14.2. The highest BCUT2D eigenvalue weighted by Gasteiger charge is 2.23. The summed E-state index contributed by atoms with van der Waals surface area (Å²) >= 11 is 0. The Balaban J connectivity index is 2.07. The minimum Gasteiger partial charge on any atom is -0.478 e. The average Bonchev–Trinajstić information content (AvgIpc) is 3.02. The van der Waals surface area contributed by atoms with Gasteiger partial charge in [0.05, 0.1) is 17.4 Å². The van der Waals surface area contributed by atoms with Crippen molar-refractivity contribution in [1.82, 2.24) is 10.3 Å². The van der Waals surface area contributed by atoms with Gasteiger partial charge >= 0.3 is 12.0 Å². The highest BCUT2D eigenvalue weighted by atomic mass is 16.4. The first-order valence-corrected chi connectivity index (χ1v) is 4.91. The van der Waals surface area contributed by atoms with Gasteiger partial charge in [-0.1, -0.05) is 0 Å². The van der Waals surface area contributed by atoms with Crippen LogP contribution in [0.2, 0.25) is 0 Å². The average molecular weight is 221 g/mol. The molecule has 16 heavy (non-hydrogen) atoms. The van der Waals surface area contributed by atoms with E-state index in [1.807, 2.05) is 0 Å². The summed E-state index contributed by atoms with van der Waals surface area (Å²) in [5, 5.41) is 14.0. The van der Waals surface area contributed by atoms with Crippen LogP contribution in [-0.2, 0) is 0 Å². The zero-order valence-corrected chi connectivity index (χ0v) is 8.43. The van der Waals surface area contributed by atoms with E-state index in [0.717, 1.165) is 12.8 Å². The third-order valence-electron chi connectivity index (χ3n) is 2.21. The van der Waals surface area contributed by atoms with Crippen LogP contribution in [0.3, 0.4) is 0 Å². The van der Waals surface area contributed by atoms with Crippen LogP contribution in [0.4, 0.5) is 10.5 Å². The minimum absolute atomic E-state index is 0.0287. The van der Waals surface area contributed by atoms with Crippen molar-refractivity contribution in [3.05, 3.63) is 24.0 Å². The number of urea groups is 1. The first-order valence-electron chi connectivity index (χ1n) is 4.91. The number of carboxylic acid groups (broad SMARTS) is 1. The van der Waals surface area contributed by atoms with Gasteiger partial charge in [-0.3, -0.25) is 4.98 Å². The predicted octanol–water partition coefficient (Wildman–Crippen LogP) is 1.06. The molecule has 0 atom stereocenters. The fourth-order valence-corrected chi connectivity index (χ4v) is 1.25. The third kappa shape index (κ3) is 2.47. The third-order valence-corrected chi connectivity index (χ3v) is 2.21. The number of amides is 2. The monoisotopic (exact) mass is 221 g/mol. The van der Waals surface area contributed by atoms with Gasteiger partial charge in [0.2, 0.25) is 0 Å². The molecule has 0 aromatic carbocycles. The number of nitrogens with zero attached hydrogens (tertiary/aromatic N) is 1. The lowest BCUT2D eigenvalue weighted by atomic mass is 10.2. The quantitative estimate of drug-likeness (QED) is 0.711. The molecular weight excluding hydrogens is 210 g/mol. The topological polar surface area (TPSA) is 91.3 Å². The number of carbonyl (C=O) groups excluding carboxylic acids is 1. The maximum Gasteiger partial charge on any atom is 0.337 e. The van der Waals surface area contributed by atoms with Crippen molar-refractivity contribution >= 4 is 17.7 Å². The summed E-state index contributed by atoms with van der Waals surface area (Å²) < 4.78 is 0. The van der Waals surface area contributed by atoms with Crippen LogP contribution >= 0.6 is 0 Å². The van der Waals surface area contributed by atoms with E-state index in [2.05, 4.69) is 15.6 Å².